The summed E-state index contributed by atoms with van der Waals surface area (Å²) < 4.78 is 4.78. The highest BCUT2D eigenvalue weighted by Gasteiger charge is 1.99. The van der Waals surface area contributed by atoms with Crippen LogP contribution in [0.4, 0.5) is 0 Å². The van der Waals surface area contributed by atoms with Crippen molar-refractivity contribution in [1.82, 2.24) is 0 Å². The number of esters is 1. The second-order valence-corrected chi connectivity index (χ2v) is 5.48. The molecule has 0 aliphatic rings. The first-order valence-corrected chi connectivity index (χ1v) is 8.14. The zero-order valence-electron chi connectivity index (χ0n) is 14.9. The molecular weight excluding hydrogens is 276 g/mol. The number of hydrogen-bond donors (Lipinski definition) is 1. The first-order chi connectivity index (χ1) is 10.5. The lowest BCUT2D eigenvalue weighted by molar-refractivity contribution is -0.142. The Bertz CT molecular complexity index is 337. The largest absolute Gasteiger partial charge is 0.461 e. The van der Waals surface area contributed by atoms with Gasteiger partial charge in [-0.15, -0.1) is 0 Å². The van der Waals surface area contributed by atoms with Gasteiger partial charge in [-0.3, -0.25) is 4.79 Å². The molecule has 0 aliphatic heterocycles. The Morgan fingerprint density at radius 2 is 1.82 bits per heavy atom. The average Bonchev–Trinajstić information content (AvgIpc) is 2.46. The summed E-state index contributed by atoms with van der Waals surface area (Å²) in [6.07, 6.45) is 11.5. The summed E-state index contributed by atoms with van der Waals surface area (Å²) in [7, 11) is 0. The molecule has 0 aromatic heterocycles. The van der Waals surface area contributed by atoms with Crippen LogP contribution in [0.3, 0.4) is 0 Å². The van der Waals surface area contributed by atoms with Crippen molar-refractivity contribution < 1.29 is 14.6 Å². The van der Waals surface area contributed by atoms with Crippen molar-refractivity contribution in [2.24, 2.45) is 0 Å². The van der Waals surface area contributed by atoms with Crippen LogP contribution in [0.1, 0.15) is 66.2 Å². The van der Waals surface area contributed by atoms with E-state index in [1.165, 1.54) is 11.1 Å². The fourth-order valence-electron chi connectivity index (χ4n) is 1.59. The van der Waals surface area contributed by atoms with Gasteiger partial charge in [-0.05, 0) is 40.0 Å². The second-order valence-electron chi connectivity index (χ2n) is 5.48. The van der Waals surface area contributed by atoms with Gasteiger partial charge in [-0.2, -0.15) is 0 Å². The third-order valence-corrected chi connectivity index (χ3v) is 2.88. The molecule has 3 nitrogen and oxygen atoms in total. The minimum atomic E-state index is -0.113. The first-order valence-electron chi connectivity index (χ1n) is 8.14. The molecule has 0 radical (unpaired) electrons. The third-order valence-electron chi connectivity index (χ3n) is 2.88. The fourth-order valence-corrected chi connectivity index (χ4v) is 1.59. The van der Waals surface area contributed by atoms with Crippen molar-refractivity contribution in [2.75, 3.05) is 13.2 Å². The highest BCUT2D eigenvalue weighted by atomic mass is 16.5. The fraction of sp³-hybridized carbons (Fsp3) is 0.632. The summed E-state index contributed by atoms with van der Waals surface area (Å²) in [5.74, 6) is -0.113. The molecule has 0 spiro atoms. The van der Waals surface area contributed by atoms with Gasteiger partial charge in [-0.1, -0.05) is 55.7 Å². The normalized spacial score (nSPS) is 10.3. The molecule has 0 bridgehead atoms. The summed E-state index contributed by atoms with van der Waals surface area (Å²) in [6.45, 7) is 12.3. The number of carbonyl (C=O) groups is 1. The Hall–Kier alpha value is -1.35. The minimum absolute atomic E-state index is 0.113. The molecule has 0 amide bonds. The number of aliphatic hydroxyl groups excluding tert-OH is 1. The molecule has 0 aliphatic carbocycles. The van der Waals surface area contributed by atoms with E-state index in [1.807, 2.05) is 6.08 Å². The van der Waals surface area contributed by atoms with Crippen LogP contribution in [0, 0.1) is 0 Å². The highest BCUT2D eigenvalue weighted by Crippen LogP contribution is 2.05. The third kappa shape index (κ3) is 21.0. The van der Waals surface area contributed by atoms with Crippen LogP contribution in [0.15, 0.2) is 36.0 Å². The van der Waals surface area contributed by atoms with Crippen LogP contribution in [-0.2, 0) is 9.53 Å². The number of rotatable bonds is 10. The number of allylic oxidation sites excluding steroid dienone is 3. The van der Waals surface area contributed by atoms with Crippen LogP contribution in [0.2, 0.25) is 0 Å². The van der Waals surface area contributed by atoms with E-state index in [9.17, 15) is 4.79 Å². The molecule has 0 fully saturated rings. The van der Waals surface area contributed by atoms with Crippen LogP contribution >= 0.6 is 0 Å². The predicted octanol–water partition coefficient (Wildman–Crippen LogP) is 4.97. The maximum absolute atomic E-state index is 10.8. The Kier molecular flexibility index (Phi) is 18.4. The number of aliphatic hydroxyl groups is 1. The lowest BCUT2D eigenvalue weighted by Gasteiger charge is -1.99. The van der Waals surface area contributed by atoms with Crippen molar-refractivity contribution in [1.29, 1.82) is 0 Å². The van der Waals surface area contributed by atoms with Crippen LogP contribution < -0.4 is 0 Å². The van der Waals surface area contributed by atoms with Crippen molar-refractivity contribution in [2.45, 2.75) is 66.2 Å². The van der Waals surface area contributed by atoms with Crippen molar-refractivity contribution >= 4 is 5.97 Å². The molecule has 128 valence electrons. The lowest BCUT2D eigenvalue weighted by Crippen LogP contribution is -2.03. The van der Waals surface area contributed by atoms with E-state index < -0.39 is 0 Å². The van der Waals surface area contributed by atoms with Gasteiger partial charge in [0.1, 0.15) is 6.61 Å². The van der Waals surface area contributed by atoms with Gasteiger partial charge in [-0.25, -0.2) is 0 Å². The molecule has 1 N–H and O–H groups in total. The molecule has 3 heteroatoms. The SMILES string of the molecule is C=CCOC(=O)CCCCC.CC(C)=CCC/C(C)=C/CO. The van der Waals surface area contributed by atoms with Gasteiger partial charge in [0.2, 0.25) is 0 Å². The van der Waals surface area contributed by atoms with E-state index in [1.54, 1.807) is 6.08 Å². The average molecular weight is 310 g/mol. The van der Waals surface area contributed by atoms with E-state index in [-0.39, 0.29) is 12.6 Å². The quantitative estimate of drug-likeness (QED) is 0.352. The van der Waals surface area contributed by atoms with Gasteiger partial charge < -0.3 is 9.84 Å². The monoisotopic (exact) mass is 310 g/mol. The number of carbonyl (C=O) groups excluding carboxylic acids is 1. The predicted molar refractivity (Wildman–Crippen MR) is 94.8 cm³/mol. The zero-order valence-corrected chi connectivity index (χ0v) is 14.9. The van der Waals surface area contributed by atoms with Crippen molar-refractivity contribution in [3.05, 3.63) is 36.0 Å². The smallest absolute Gasteiger partial charge is 0.306 e. The molecule has 0 saturated heterocycles. The van der Waals surface area contributed by atoms with E-state index in [0.717, 1.165) is 32.1 Å². The first kappa shape index (κ1) is 22.9. The molecule has 0 aromatic carbocycles. The Morgan fingerprint density at radius 1 is 1.14 bits per heavy atom. The summed E-state index contributed by atoms with van der Waals surface area (Å²) in [6, 6.07) is 0. The van der Waals surface area contributed by atoms with Gasteiger partial charge in [0.25, 0.3) is 0 Å². The molecule has 0 unspecified atom stereocenters. The van der Waals surface area contributed by atoms with E-state index in [4.69, 9.17) is 9.84 Å². The minimum Gasteiger partial charge on any atom is -0.461 e. The number of unbranched alkanes of at least 4 members (excludes halogenated alkanes) is 2. The van der Waals surface area contributed by atoms with Gasteiger partial charge in [0.05, 0.1) is 6.61 Å². The molecule has 0 heterocycles. The molecule has 0 aromatic rings. The standard InChI is InChI=1S/C10H18O.C9H16O2/c1-9(2)5-4-6-10(3)7-8-11;1-3-5-6-7-9(10)11-8-4-2/h5,7,11H,4,6,8H2,1-3H3;4H,2-3,5-8H2,1H3/b10-7+;. The number of hydrogen-bond acceptors (Lipinski definition) is 3. The van der Waals surface area contributed by atoms with Crippen LogP contribution in [0.5, 0.6) is 0 Å². The molecular formula is C19H34O3. The van der Waals surface area contributed by atoms with E-state index in [0.29, 0.717) is 13.0 Å². The lowest BCUT2D eigenvalue weighted by atomic mass is 10.1. The maximum Gasteiger partial charge on any atom is 0.306 e. The number of ether oxygens (including phenoxy) is 1. The molecule has 0 saturated carbocycles. The van der Waals surface area contributed by atoms with E-state index >= 15 is 0 Å². The molecule has 0 rings (SSSR count). The Balaban J connectivity index is 0. The van der Waals surface area contributed by atoms with E-state index in [2.05, 4.69) is 40.3 Å². The highest BCUT2D eigenvalue weighted by molar-refractivity contribution is 5.69. The molecule has 0 atom stereocenters. The summed E-state index contributed by atoms with van der Waals surface area (Å²) in [4.78, 5) is 10.8. The van der Waals surface area contributed by atoms with Crippen LogP contribution in [0.25, 0.3) is 0 Å². The van der Waals surface area contributed by atoms with Gasteiger partial charge in [0.15, 0.2) is 0 Å². The van der Waals surface area contributed by atoms with Crippen molar-refractivity contribution in [3.8, 4) is 0 Å². The van der Waals surface area contributed by atoms with Crippen LogP contribution in [-0.4, -0.2) is 24.3 Å². The summed E-state index contributed by atoms with van der Waals surface area (Å²) in [5.41, 5.74) is 2.63. The Labute approximate surface area is 136 Å². The maximum atomic E-state index is 10.8. The molecule has 22 heavy (non-hydrogen) atoms. The van der Waals surface area contributed by atoms with Gasteiger partial charge in [0, 0.05) is 6.42 Å². The van der Waals surface area contributed by atoms with Gasteiger partial charge >= 0.3 is 5.97 Å². The van der Waals surface area contributed by atoms with Crippen molar-refractivity contribution in [3.63, 3.8) is 0 Å². The zero-order chi connectivity index (χ0) is 17.2. The topological polar surface area (TPSA) is 46.5 Å². The summed E-state index contributed by atoms with van der Waals surface area (Å²) >= 11 is 0. The Morgan fingerprint density at radius 3 is 2.32 bits per heavy atom. The second kappa shape index (κ2) is 17.7. The summed E-state index contributed by atoms with van der Waals surface area (Å²) in [5, 5.41) is 8.55.